The summed E-state index contributed by atoms with van der Waals surface area (Å²) in [7, 11) is 0. The van der Waals surface area contributed by atoms with E-state index in [1.165, 1.54) is 16.8 Å². The second-order valence-electron chi connectivity index (χ2n) is 8.89. The normalized spacial score (nSPS) is 16.5. The smallest absolute Gasteiger partial charge is 0.174 e. The molecule has 0 spiro atoms. The molecule has 0 aromatic heterocycles. The monoisotopic (exact) mass is 438 g/mol. The van der Waals surface area contributed by atoms with Crippen LogP contribution >= 0.6 is 0 Å². The Morgan fingerprint density at radius 1 is 1.06 bits per heavy atom. The van der Waals surface area contributed by atoms with Crippen molar-refractivity contribution in [3.05, 3.63) is 23.3 Å². The molecule has 1 atom stereocenters. The zero-order chi connectivity index (χ0) is 22.9. The fourth-order valence-corrected chi connectivity index (χ4v) is 3.98. The largest absolute Gasteiger partial charge is 0.398 e. The van der Waals surface area contributed by atoms with Crippen molar-refractivity contribution in [1.82, 2.24) is 0 Å². The van der Waals surface area contributed by atoms with Crippen LogP contribution in [0.1, 0.15) is 58.1 Å². The molecule has 1 aromatic carbocycles. The van der Waals surface area contributed by atoms with E-state index in [2.05, 4.69) is 44.7 Å². The lowest BCUT2D eigenvalue weighted by Crippen LogP contribution is -2.51. The highest BCUT2D eigenvalue weighted by atomic mass is 16.7. The fourth-order valence-electron chi connectivity index (χ4n) is 3.98. The van der Waals surface area contributed by atoms with Gasteiger partial charge in [-0.1, -0.05) is 13.8 Å². The molecule has 2 rings (SSSR count). The quantitative estimate of drug-likeness (QED) is 0.262. The highest BCUT2D eigenvalue weighted by Crippen LogP contribution is 2.40. The molecule has 1 aromatic rings. The number of aliphatic hydroxyl groups is 1. The van der Waals surface area contributed by atoms with Crippen molar-refractivity contribution in [2.45, 2.75) is 65.2 Å². The van der Waals surface area contributed by atoms with E-state index in [1.807, 2.05) is 6.92 Å². The van der Waals surface area contributed by atoms with Gasteiger partial charge in [0.2, 0.25) is 0 Å². The molecule has 7 nitrogen and oxygen atoms in total. The summed E-state index contributed by atoms with van der Waals surface area (Å²) < 4.78 is 22.7. The lowest BCUT2D eigenvalue weighted by molar-refractivity contribution is -0.144. The van der Waals surface area contributed by atoms with Crippen molar-refractivity contribution in [3.63, 3.8) is 0 Å². The first kappa shape index (κ1) is 25.9. The maximum atomic E-state index is 8.70. The summed E-state index contributed by atoms with van der Waals surface area (Å²) in [6.07, 6.45) is 1.73. The van der Waals surface area contributed by atoms with Gasteiger partial charge >= 0.3 is 0 Å². The number of hydrogen-bond donors (Lipinski definition) is 2. The molecule has 0 saturated heterocycles. The lowest BCUT2D eigenvalue weighted by Gasteiger charge is -2.46. The summed E-state index contributed by atoms with van der Waals surface area (Å²) in [4.78, 5) is 2.42. The summed E-state index contributed by atoms with van der Waals surface area (Å²) in [5, 5.41) is 8.70. The Hall–Kier alpha value is -1.38. The van der Waals surface area contributed by atoms with Crippen LogP contribution in [-0.2, 0) is 25.4 Å². The van der Waals surface area contributed by atoms with E-state index in [1.54, 1.807) is 0 Å². The van der Waals surface area contributed by atoms with Crippen LogP contribution in [0.15, 0.2) is 12.1 Å². The number of rotatable bonds is 14. The van der Waals surface area contributed by atoms with Crippen LogP contribution in [0.25, 0.3) is 0 Å². The average Bonchev–Trinajstić information content (AvgIpc) is 2.71. The van der Waals surface area contributed by atoms with Gasteiger partial charge in [-0.3, -0.25) is 0 Å². The van der Waals surface area contributed by atoms with Crippen molar-refractivity contribution in [2.75, 3.05) is 63.4 Å². The molecule has 1 heterocycles. The number of benzene rings is 1. The molecular formula is C24H42N2O5. The van der Waals surface area contributed by atoms with Crippen LogP contribution in [0.3, 0.4) is 0 Å². The average molecular weight is 439 g/mol. The Morgan fingerprint density at radius 2 is 1.74 bits per heavy atom. The van der Waals surface area contributed by atoms with Crippen LogP contribution in [0.4, 0.5) is 11.4 Å². The van der Waals surface area contributed by atoms with Gasteiger partial charge in [0.1, 0.15) is 0 Å². The van der Waals surface area contributed by atoms with Gasteiger partial charge in [-0.2, -0.15) is 0 Å². The number of hydrogen-bond acceptors (Lipinski definition) is 7. The third-order valence-corrected chi connectivity index (χ3v) is 5.76. The van der Waals surface area contributed by atoms with Gasteiger partial charge < -0.3 is 34.7 Å². The number of nitrogens with two attached hydrogens (primary N) is 1. The summed E-state index contributed by atoms with van der Waals surface area (Å²) in [6.45, 7) is 14.4. The van der Waals surface area contributed by atoms with Gasteiger partial charge in [0, 0.05) is 23.5 Å². The Labute approximate surface area is 187 Å². The van der Waals surface area contributed by atoms with Crippen molar-refractivity contribution in [3.8, 4) is 0 Å². The zero-order valence-electron chi connectivity index (χ0n) is 20.0. The minimum Gasteiger partial charge on any atom is -0.398 e. The molecule has 0 bridgehead atoms. The van der Waals surface area contributed by atoms with Crippen LogP contribution in [0.5, 0.6) is 0 Å². The fraction of sp³-hybridized carbons (Fsp3) is 0.750. The maximum absolute atomic E-state index is 8.70. The topological polar surface area (TPSA) is 86.4 Å². The van der Waals surface area contributed by atoms with Gasteiger partial charge in [0.15, 0.2) is 6.29 Å². The number of aryl methyl sites for hydroxylation is 1. The zero-order valence-corrected chi connectivity index (χ0v) is 20.0. The van der Waals surface area contributed by atoms with E-state index in [4.69, 9.17) is 29.8 Å². The van der Waals surface area contributed by atoms with Gasteiger partial charge in [0.05, 0.1) is 46.2 Å². The Bertz CT molecular complexity index is 666. The first-order chi connectivity index (χ1) is 14.8. The maximum Gasteiger partial charge on any atom is 0.174 e. The number of anilines is 2. The number of nitrogens with zero attached hydrogens (tertiary/aromatic N) is 1. The molecular weight excluding hydrogens is 396 g/mol. The first-order valence-corrected chi connectivity index (χ1v) is 11.5. The first-order valence-electron chi connectivity index (χ1n) is 11.5. The van der Waals surface area contributed by atoms with Crippen molar-refractivity contribution < 1.29 is 24.1 Å². The van der Waals surface area contributed by atoms with E-state index < -0.39 is 0 Å². The molecule has 178 valence electrons. The molecule has 0 aliphatic carbocycles. The minimum absolute atomic E-state index is 0.00335. The number of nitrogen functional groups attached to an aromatic ring is 1. The second-order valence-corrected chi connectivity index (χ2v) is 8.89. The molecule has 7 heteroatoms. The van der Waals surface area contributed by atoms with Gasteiger partial charge in [-0.15, -0.1) is 0 Å². The summed E-state index contributed by atoms with van der Waals surface area (Å²) in [5.74, 6) is 0.370. The van der Waals surface area contributed by atoms with Gasteiger partial charge in [0.25, 0.3) is 0 Å². The number of fused-ring (bicyclic) bond motifs is 1. The minimum atomic E-state index is -0.343. The van der Waals surface area contributed by atoms with E-state index in [0.29, 0.717) is 52.1 Å². The van der Waals surface area contributed by atoms with Crippen LogP contribution in [0, 0.1) is 0 Å². The Kier molecular flexibility index (Phi) is 10.5. The van der Waals surface area contributed by atoms with E-state index in [9.17, 15) is 0 Å². The Morgan fingerprint density at radius 3 is 2.39 bits per heavy atom. The summed E-state index contributed by atoms with van der Waals surface area (Å²) in [5.41, 5.74) is 10.9. The lowest BCUT2D eigenvalue weighted by atomic mass is 9.85. The molecule has 1 unspecified atom stereocenters. The third kappa shape index (κ3) is 7.61. The molecule has 3 N–H and O–H groups in total. The van der Waals surface area contributed by atoms with Crippen molar-refractivity contribution >= 4 is 11.4 Å². The van der Waals surface area contributed by atoms with Gasteiger partial charge in [-0.05, 0) is 62.8 Å². The molecule has 0 fully saturated rings. The summed E-state index contributed by atoms with van der Waals surface area (Å²) >= 11 is 0. The highest BCUT2D eigenvalue weighted by Gasteiger charge is 2.35. The van der Waals surface area contributed by atoms with Crippen LogP contribution in [-0.4, -0.2) is 69.7 Å². The summed E-state index contributed by atoms with van der Waals surface area (Å²) in [6, 6.07) is 4.41. The van der Waals surface area contributed by atoms with Crippen molar-refractivity contribution in [2.24, 2.45) is 0 Å². The Balaban J connectivity index is 2.02. The third-order valence-electron chi connectivity index (χ3n) is 5.76. The van der Waals surface area contributed by atoms with E-state index in [0.717, 1.165) is 18.5 Å². The second kappa shape index (κ2) is 12.6. The predicted octanol–water partition coefficient (Wildman–Crippen LogP) is 3.33. The van der Waals surface area contributed by atoms with E-state index in [-0.39, 0.29) is 18.4 Å². The molecule has 0 amide bonds. The predicted molar refractivity (Wildman–Crippen MR) is 125 cm³/mol. The standard InChI is InChI=1S/C24H42N2O5/c1-6-30-23(31-14-13-29-12-11-28-10-9-27)17-26-22-16-20(18(2)3)21(25)15-19(22)7-8-24(26,4)5/h15-16,18,23,27H,6-14,17,25H2,1-5H3. The SMILES string of the molecule is CCOC(CN1c2cc(C(C)C)c(N)cc2CCC1(C)C)OCCOCCOCCO. The van der Waals surface area contributed by atoms with Crippen molar-refractivity contribution in [1.29, 1.82) is 0 Å². The van der Waals surface area contributed by atoms with Gasteiger partial charge in [-0.25, -0.2) is 0 Å². The molecule has 1 aliphatic rings. The molecule has 1 aliphatic heterocycles. The molecule has 0 saturated carbocycles. The van der Waals surface area contributed by atoms with Crippen LogP contribution < -0.4 is 10.6 Å². The highest BCUT2D eigenvalue weighted by molar-refractivity contribution is 5.67. The van der Waals surface area contributed by atoms with E-state index >= 15 is 0 Å². The molecule has 0 radical (unpaired) electrons. The number of ether oxygens (including phenoxy) is 4. The number of aliphatic hydroxyl groups excluding tert-OH is 1. The van der Waals surface area contributed by atoms with Crippen LogP contribution in [0.2, 0.25) is 0 Å². The molecule has 31 heavy (non-hydrogen) atoms.